The number of aromatic nitrogens is 4. The molecule has 2 aromatic rings. The van der Waals surface area contributed by atoms with Gasteiger partial charge in [0.05, 0.1) is 23.0 Å². The maximum atomic E-state index is 12.0. The lowest BCUT2D eigenvalue weighted by Crippen LogP contribution is -2.26. The fourth-order valence-electron chi connectivity index (χ4n) is 1.71. The van der Waals surface area contributed by atoms with Crippen molar-refractivity contribution in [2.24, 2.45) is 14.1 Å². The Morgan fingerprint density at radius 3 is 2.67 bits per heavy atom. The molecule has 2 heterocycles. The third-order valence-electron chi connectivity index (χ3n) is 2.72. The first kappa shape index (κ1) is 12.6. The van der Waals surface area contributed by atoms with Crippen LogP contribution in [0, 0.1) is 6.92 Å². The van der Waals surface area contributed by atoms with Gasteiger partial charge in [0.2, 0.25) is 0 Å². The summed E-state index contributed by atoms with van der Waals surface area (Å²) in [5.74, 6) is -0.246. The monoisotopic (exact) mass is 267 g/mol. The van der Waals surface area contributed by atoms with Crippen molar-refractivity contribution in [1.82, 2.24) is 24.9 Å². The topological polar surface area (TPSA) is 64.7 Å². The van der Waals surface area contributed by atoms with Crippen LogP contribution in [0.3, 0.4) is 0 Å². The summed E-state index contributed by atoms with van der Waals surface area (Å²) in [5.41, 5.74) is 1.93. The van der Waals surface area contributed by atoms with Crippen molar-refractivity contribution in [1.29, 1.82) is 0 Å². The highest BCUT2D eigenvalue weighted by atomic mass is 35.5. The molecule has 18 heavy (non-hydrogen) atoms. The molecule has 0 aromatic carbocycles. The Balaban J connectivity index is 2.11. The minimum atomic E-state index is -0.246. The summed E-state index contributed by atoms with van der Waals surface area (Å²) in [6.07, 6.45) is 1.68. The average Bonchev–Trinajstić information content (AvgIpc) is 2.81. The van der Waals surface area contributed by atoms with Gasteiger partial charge in [0.15, 0.2) is 0 Å². The summed E-state index contributed by atoms with van der Waals surface area (Å²) in [6.45, 7) is 2.16. The van der Waals surface area contributed by atoms with E-state index in [1.807, 2.05) is 13.1 Å². The van der Waals surface area contributed by atoms with Crippen molar-refractivity contribution in [3.05, 3.63) is 34.4 Å². The quantitative estimate of drug-likeness (QED) is 0.904. The maximum absolute atomic E-state index is 12.0. The van der Waals surface area contributed by atoms with Crippen LogP contribution < -0.4 is 5.32 Å². The minimum Gasteiger partial charge on any atom is -0.345 e. The summed E-state index contributed by atoms with van der Waals surface area (Å²) in [5, 5.41) is 11.3. The van der Waals surface area contributed by atoms with Crippen LogP contribution in [0.5, 0.6) is 0 Å². The third kappa shape index (κ3) is 2.24. The molecule has 0 atom stereocenters. The maximum Gasteiger partial charge on any atom is 0.271 e. The molecule has 0 radical (unpaired) electrons. The van der Waals surface area contributed by atoms with Gasteiger partial charge in [-0.05, 0) is 13.0 Å². The molecule has 2 rings (SSSR count). The van der Waals surface area contributed by atoms with Gasteiger partial charge in [-0.1, -0.05) is 11.6 Å². The van der Waals surface area contributed by atoms with Crippen molar-refractivity contribution in [2.75, 3.05) is 0 Å². The predicted octanol–water partition coefficient (Wildman–Crippen LogP) is 1.05. The van der Waals surface area contributed by atoms with Crippen molar-refractivity contribution in [3.8, 4) is 0 Å². The molecule has 1 amide bonds. The molecule has 1 N–H and O–H groups in total. The lowest BCUT2D eigenvalue weighted by molar-refractivity contribution is 0.0941. The van der Waals surface area contributed by atoms with Gasteiger partial charge in [-0.15, -0.1) is 0 Å². The molecule has 7 heteroatoms. The highest BCUT2D eigenvalue weighted by Crippen LogP contribution is 2.19. The van der Waals surface area contributed by atoms with Crippen LogP contribution in [0.15, 0.2) is 12.3 Å². The standard InChI is InChI=1S/C11H14ClN5O/c1-7-9(12)10(17(3)15-7)11(18)13-6-8-4-5-14-16(8)2/h4-5H,6H2,1-3H3,(H,13,18). The molecular formula is C11H14ClN5O. The lowest BCUT2D eigenvalue weighted by atomic mass is 10.3. The van der Waals surface area contributed by atoms with Gasteiger partial charge >= 0.3 is 0 Å². The SMILES string of the molecule is Cc1nn(C)c(C(=O)NCc2ccnn2C)c1Cl. The number of aryl methyl sites for hydroxylation is 3. The molecule has 6 nitrogen and oxygen atoms in total. The first-order valence-electron chi connectivity index (χ1n) is 5.45. The second kappa shape index (κ2) is 4.81. The van der Waals surface area contributed by atoms with Crippen molar-refractivity contribution in [3.63, 3.8) is 0 Å². The number of carbonyl (C=O) groups excluding carboxylic acids is 1. The summed E-state index contributed by atoms with van der Waals surface area (Å²) in [6, 6.07) is 1.84. The normalized spacial score (nSPS) is 10.7. The molecular weight excluding hydrogens is 254 g/mol. The van der Waals surface area contributed by atoms with Gasteiger partial charge in [-0.3, -0.25) is 14.2 Å². The molecule has 0 fully saturated rings. The van der Waals surface area contributed by atoms with Crippen LogP contribution in [0.4, 0.5) is 0 Å². The number of carbonyl (C=O) groups is 1. The zero-order valence-corrected chi connectivity index (χ0v) is 11.2. The number of amides is 1. The van der Waals surface area contributed by atoms with E-state index in [1.165, 1.54) is 4.68 Å². The van der Waals surface area contributed by atoms with E-state index in [-0.39, 0.29) is 5.91 Å². The smallest absolute Gasteiger partial charge is 0.271 e. The molecule has 96 valence electrons. The van der Waals surface area contributed by atoms with E-state index in [4.69, 9.17) is 11.6 Å². The van der Waals surface area contributed by atoms with Crippen molar-refractivity contribution < 1.29 is 4.79 Å². The predicted molar refractivity (Wildman–Crippen MR) is 67.3 cm³/mol. The van der Waals surface area contributed by atoms with Crippen LogP contribution in [-0.2, 0) is 20.6 Å². The average molecular weight is 268 g/mol. The minimum absolute atomic E-state index is 0.246. The fourth-order valence-corrected chi connectivity index (χ4v) is 1.95. The van der Waals surface area contributed by atoms with Gasteiger partial charge in [0.25, 0.3) is 5.91 Å². The Morgan fingerprint density at radius 1 is 1.44 bits per heavy atom. The molecule has 0 aliphatic rings. The van der Waals surface area contributed by atoms with Crippen LogP contribution >= 0.6 is 11.6 Å². The van der Waals surface area contributed by atoms with Crippen LogP contribution in [0.25, 0.3) is 0 Å². The number of nitrogens with zero attached hydrogens (tertiary/aromatic N) is 4. The van der Waals surface area contributed by atoms with Gasteiger partial charge < -0.3 is 5.32 Å². The van der Waals surface area contributed by atoms with Crippen LogP contribution in [0.1, 0.15) is 21.9 Å². The fraction of sp³-hybridized carbons (Fsp3) is 0.364. The molecule has 0 saturated heterocycles. The molecule has 2 aromatic heterocycles. The van der Waals surface area contributed by atoms with Crippen LogP contribution in [-0.4, -0.2) is 25.5 Å². The van der Waals surface area contributed by atoms with E-state index >= 15 is 0 Å². The first-order chi connectivity index (χ1) is 8.50. The summed E-state index contributed by atoms with van der Waals surface area (Å²) < 4.78 is 3.19. The molecule has 0 spiro atoms. The Kier molecular flexibility index (Phi) is 3.38. The van der Waals surface area contributed by atoms with E-state index in [2.05, 4.69) is 15.5 Å². The second-order valence-electron chi connectivity index (χ2n) is 4.00. The number of hydrogen-bond acceptors (Lipinski definition) is 3. The number of rotatable bonds is 3. The van der Waals surface area contributed by atoms with Crippen molar-refractivity contribution in [2.45, 2.75) is 13.5 Å². The molecule has 0 bridgehead atoms. The zero-order chi connectivity index (χ0) is 13.3. The van der Waals surface area contributed by atoms with E-state index in [9.17, 15) is 4.79 Å². The Morgan fingerprint density at radius 2 is 2.17 bits per heavy atom. The molecule has 0 aliphatic carbocycles. The van der Waals surface area contributed by atoms with E-state index in [0.29, 0.717) is 23.0 Å². The first-order valence-corrected chi connectivity index (χ1v) is 5.82. The zero-order valence-electron chi connectivity index (χ0n) is 10.4. The highest BCUT2D eigenvalue weighted by molar-refractivity contribution is 6.34. The number of hydrogen-bond donors (Lipinski definition) is 1. The summed E-state index contributed by atoms with van der Waals surface area (Å²) in [7, 11) is 3.51. The molecule has 0 unspecified atom stereocenters. The highest BCUT2D eigenvalue weighted by Gasteiger charge is 2.18. The largest absolute Gasteiger partial charge is 0.345 e. The summed E-state index contributed by atoms with van der Waals surface area (Å²) >= 11 is 6.04. The van der Waals surface area contributed by atoms with Gasteiger partial charge in [-0.2, -0.15) is 10.2 Å². The molecule has 0 aliphatic heterocycles. The Labute approximate surface area is 110 Å². The number of halogens is 1. The second-order valence-corrected chi connectivity index (χ2v) is 4.38. The van der Waals surface area contributed by atoms with Gasteiger partial charge in [-0.25, -0.2) is 0 Å². The van der Waals surface area contributed by atoms with Crippen molar-refractivity contribution >= 4 is 17.5 Å². The Hall–Kier alpha value is -1.82. The van der Waals surface area contributed by atoms with Gasteiger partial charge in [0, 0.05) is 20.3 Å². The van der Waals surface area contributed by atoms with Crippen LogP contribution in [0.2, 0.25) is 5.02 Å². The van der Waals surface area contributed by atoms with E-state index in [1.54, 1.807) is 24.9 Å². The molecule has 0 saturated carbocycles. The van der Waals surface area contributed by atoms with E-state index in [0.717, 1.165) is 5.69 Å². The van der Waals surface area contributed by atoms with E-state index < -0.39 is 0 Å². The van der Waals surface area contributed by atoms with Gasteiger partial charge in [0.1, 0.15) is 5.69 Å². The number of nitrogens with one attached hydrogen (secondary N) is 1. The third-order valence-corrected chi connectivity index (χ3v) is 3.17. The lowest BCUT2D eigenvalue weighted by Gasteiger charge is -2.06. The Bertz CT molecular complexity index is 586. The summed E-state index contributed by atoms with van der Waals surface area (Å²) in [4.78, 5) is 12.0.